The Labute approximate surface area is 201 Å². The van der Waals surface area contributed by atoms with Crippen molar-refractivity contribution in [2.45, 2.75) is 6.92 Å². The largest absolute Gasteiger partial charge is 2.00 e. The summed E-state index contributed by atoms with van der Waals surface area (Å²) in [4.78, 5) is 12.7. The minimum Gasteiger partial charge on any atom is -0.425 e. The van der Waals surface area contributed by atoms with Gasteiger partial charge in [-0.3, -0.25) is 0 Å². The Hall–Kier alpha value is -2.87. The molecule has 0 unspecified atom stereocenters. The van der Waals surface area contributed by atoms with Crippen molar-refractivity contribution in [1.82, 2.24) is 34.0 Å². The Bertz CT molecular complexity index is 777. The van der Waals surface area contributed by atoms with Gasteiger partial charge in [-0.05, 0) is 63.0 Å². The Kier molecular flexibility index (Phi) is 16.2. The van der Waals surface area contributed by atoms with E-state index in [0.29, 0.717) is 19.7 Å². The second-order valence-corrected chi connectivity index (χ2v) is 5.57. The van der Waals surface area contributed by atoms with Gasteiger partial charge in [0.2, 0.25) is 0 Å². The standard InChI is InChI=1S/C9H9BN6.C8H12NO2.2CO.Mo/c1-4-11-14(7-1)10(15-8-2-5-12-15)16-9-3-6-13-16;1-2-11-8(10)9-6-4-3-5-7-9;2*1-2;/h1-9H;3-5H,2,6-7H2,1H3;;;/q-1;;;;+2. The summed E-state index contributed by atoms with van der Waals surface area (Å²) in [7, 11) is -0.194. The maximum Gasteiger partial charge on any atom is 2.00 e. The molecule has 1 amide bonds. The first-order valence-corrected chi connectivity index (χ1v) is 9.08. The molecule has 1 aliphatic heterocycles. The average Bonchev–Trinajstić information content (AvgIpc) is 3.63. The van der Waals surface area contributed by atoms with Crippen LogP contribution in [0.5, 0.6) is 0 Å². The fourth-order valence-electron chi connectivity index (χ4n) is 2.53. The van der Waals surface area contributed by atoms with Crippen LogP contribution >= 0.6 is 0 Å². The molecule has 3 aromatic heterocycles. The summed E-state index contributed by atoms with van der Waals surface area (Å²) in [5.41, 5.74) is 0. The van der Waals surface area contributed by atoms with E-state index < -0.39 is 0 Å². The number of rotatable bonds is 4. The molecule has 0 N–H and O–H groups in total. The molecule has 0 aliphatic carbocycles. The molecule has 0 aromatic carbocycles. The van der Waals surface area contributed by atoms with Crippen LogP contribution in [0, 0.1) is 32.6 Å². The zero-order chi connectivity index (χ0) is 22.9. The van der Waals surface area contributed by atoms with E-state index in [1.165, 1.54) is 0 Å². The third-order valence-corrected chi connectivity index (χ3v) is 3.73. The van der Waals surface area contributed by atoms with Gasteiger partial charge in [-0.2, -0.15) is 0 Å². The molecular weight excluding hydrogens is 497 g/mol. The molecule has 11 nitrogen and oxygen atoms in total. The van der Waals surface area contributed by atoms with Gasteiger partial charge in [0.25, 0.3) is 7.12 Å². The number of hydrogen-bond acceptors (Lipinski definition) is 5. The van der Waals surface area contributed by atoms with Gasteiger partial charge in [-0.15, -0.1) is 0 Å². The Balaban J connectivity index is 0.000000532. The average molecular weight is 518 g/mol. The van der Waals surface area contributed by atoms with Gasteiger partial charge in [0, 0.05) is 31.7 Å². The molecule has 32 heavy (non-hydrogen) atoms. The van der Waals surface area contributed by atoms with Gasteiger partial charge in [0.1, 0.15) is 0 Å². The first-order valence-electron chi connectivity index (χ1n) is 9.08. The van der Waals surface area contributed by atoms with Gasteiger partial charge in [0.15, 0.2) is 0 Å². The minimum absolute atomic E-state index is 0. The van der Waals surface area contributed by atoms with E-state index in [-0.39, 0.29) is 34.3 Å². The third kappa shape index (κ3) is 9.10. The van der Waals surface area contributed by atoms with E-state index >= 15 is 0 Å². The molecule has 0 atom stereocenters. The van der Waals surface area contributed by atoms with E-state index in [2.05, 4.69) is 28.6 Å². The molecule has 13 heteroatoms. The third-order valence-electron chi connectivity index (χ3n) is 3.73. The van der Waals surface area contributed by atoms with Crippen molar-refractivity contribution in [1.29, 1.82) is 0 Å². The first-order chi connectivity index (χ1) is 15.3. The fourth-order valence-corrected chi connectivity index (χ4v) is 2.53. The van der Waals surface area contributed by atoms with E-state index in [4.69, 9.17) is 14.0 Å². The van der Waals surface area contributed by atoms with Crippen LogP contribution in [0.25, 0.3) is 0 Å². The molecule has 164 valence electrons. The Morgan fingerprint density at radius 2 is 1.31 bits per heavy atom. The van der Waals surface area contributed by atoms with Crippen molar-refractivity contribution in [3.05, 3.63) is 87.9 Å². The number of carbonyl (C=O) groups excluding carboxylic acids is 1. The number of carbonyl (C=O) groups is 1. The fraction of sp³-hybridized carbons (Fsp3) is 0.211. The minimum atomic E-state index is -0.229. The molecule has 0 saturated carbocycles. The maximum absolute atomic E-state index is 11.0. The van der Waals surface area contributed by atoms with Crippen LogP contribution in [0.1, 0.15) is 6.92 Å². The molecule has 4 rings (SSSR count). The van der Waals surface area contributed by atoms with Crippen LogP contribution in [-0.4, -0.2) is 66.9 Å². The van der Waals surface area contributed by atoms with E-state index in [1.807, 2.05) is 56.1 Å². The quantitative estimate of drug-likeness (QED) is 0.292. The number of amides is 1. The number of nitrogens with zero attached hydrogens (tertiary/aromatic N) is 7. The predicted octanol–water partition coefficient (Wildman–Crippen LogP) is 1.20. The van der Waals surface area contributed by atoms with Gasteiger partial charge in [0.05, 0.1) is 6.61 Å². The smallest absolute Gasteiger partial charge is 0.425 e. The van der Waals surface area contributed by atoms with Gasteiger partial charge in [-0.1, -0.05) is 0 Å². The Morgan fingerprint density at radius 1 is 0.906 bits per heavy atom. The SMILES string of the molecule is CCOC(=O)N1C[CH][CH][CH]C1.[C-]#[O+].[C-]#[O+].[Mo+2].c1cnn([B-](n2cccn2)n2cccn2)c1. The van der Waals surface area contributed by atoms with Crippen LogP contribution in [0.3, 0.4) is 0 Å². The van der Waals surface area contributed by atoms with E-state index in [0.717, 1.165) is 0 Å². The van der Waals surface area contributed by atoms with Gasteiger partial charge in [-0.25, -0.2) is 20.1 Å². The molecule has 1 saturated heterocycles. The van der Waals surface area contributed by atoms with Crippen LogP contribution < -0.4 is 0 Å². The van der Waals surface area contributed by atoms with Crippen molar-refractivity contribution in [2.75, 3.05) is 19.7 Å². The number of aromatic nitrogens is 6. The van der Waals surface area contributed by atoms with Crippen molar-refractivity contribution in [2.24, 2.45) is 0 Å². The summed E-state index contributed by atoms with van der Waals surface area (Å²) in [6.07, 6.45) is 16.4. The molecule has 3 aromatic rings. The second kappa shape index (κ2) is 17.8. The van der Waals surface area contributed by atoms with Crippen LogP contribution in [0.2, 0.25) is 0 Å². The molecule has 4 radical (unpaired) electrons. The number of hydrogen-bond donors (Lipinski definition) is 0. The number of likely N-dealkylation sites (tertiary alicyclic amines) is 1. The van der Waals surface area contributed by atoms with Crippen molar-refractivity contribution < 1.29 is 39.9 Å². The monoisotopic (exact) mass is 520 g/mol. The van der Waals surface area contributed by atoms with E-state index in [1.54, 1.807) is 44.2 Å². The van der Waals surface area contributed by atoms with Gasteiger partial charge < -0.3 is 23.4 Å². The molecule has 4 heterocycles. The van der Waals surface area contributed by atoms with Crippen molar-refractivity contribution >= 4 is 13.2 Å². The molecule has 0 spiro atoms. The number of piperidine rings is 1. The van der Waals surface area contributed by atoms with Crippen LogP contribution in [0.4, 0.5) is 4.79 Å². The predicted molar refractivity (Wildman–Crippen MR) is 108 cm³/mol. The zero-order valence-electron chi connectivity index (χ0n) is 17.3. The van der Waals surface area contributed by atoms with E-state index in [9.17, 15) is 4.79 Å². The summed E-state index contributed by atoms with van der Waals surface area (Å²) in [5.74, 6) is 0. The van der Waals surface area contributed by atoms with Gasteiger partial charge >= 0.3 is 49.8 Å². The molecule has 1 fully saturated rings. The van der Waals surface area contributed by atoms with Crippen molar-refractivity contribution in [3.8, 4) is 0 Å². The van der Waals surface area contributed by atoms with Crippen molar-refractivity contribution in [3.63, 3.8) is 0 Å². The number of ether oxygens (including phenoxy) is 1. The summed E-state index contributed by atoms with van der Waals surface area (Å²) in [6, 6.07) is 5.62. The second-order valence-electron chi connectivity index (χ2n) is 5.57. The summed E-state index contributed by atoms with van der Waals surface area (Å²) in [5, 5.41) is 12.7. The van der Waals surface area contributed by atoms with Crippen LogP contribution in [-0.2, 0) is 35.1 Å². The zero-order valence-corrected chi connectivity index (χ0v) is 19.3. The van der Waals surface area contributed by atoms with Crippen LogP contribution in [0.15, 0.2) is 55.4 Å². The topological polar surface area (TPSA) is 123 Å². The summed E-state index contributed by atoms with van der Waals surface area (Å²) >= 11 is 0. The molecule has 1 aliphatic rings. The normalized spacial score (nSPS) is 11.9. The summed E-state index contributed by atoms with van der Waals surface area (Å²) in [6.45, 7) is 12.6. The molecule has 0 bridgehead atoms. The Morgan fingerprint density at radius 3 is 1.62 bits per heavy atom. The maximum atomic E-state index is 11.0. The molecular formula is C19H21BMoN7O4+. The first kappa shape index (κ1) is 29.1. The summed E-state index contributed by atoms with van der Waals surface area (Å²) < 4.78 is 25.2.